The highest BCUT2D eigenvalue weighted by Gasteiger charge is 2.44. The van der Waals surface area contributed by atoms with Crippen molar-refractivity contribution < 1.29 is 18.0 Å². The Hall–Kier alpha value is -1.69. The molecule has 5 nitrogen and oxygen atoms in total. The number of carbonyl (C=O) groups excluding carboxylic acids is 2. The van der Waals surface area contributed by atoms with Crippen molar-refractivity contribution in [2.75, 3.05) is 0 Å². The molecule has 0 atom stereocenters. The summed E-state index contributed by atoms with van der Waals surface area (Å²) in [5.74, 6) is -1.35. The molecule has 25 heavy (non-hydrogen) atoms. The maximum atomic E-state index is 12.4. The number of nitrogens with zero attached hydrogens (tertiary/aromatic N) is 1. The van der Waals surface area contributed by atoms with Crippen LogP contribution >= 0.6 is 0 Å². The zero-order valence-corrected chi connectivity index (χ0v) is 15.7. The van der Waals surface area contributed by atoms with Crippen molar-refractivity contribution in [2.24, 2.45) is 0 Å². The largest absolute Gasteiger partial charge is 0.276 e. The van der Waals surface area contributed by atoms with E-state index in [9.17, 15) is 18.0 Å². The summed E-state index contributed by atoms with van der Waals surface area (Å²) in [5, 5.41) is 0. The number of amides is 2. The van der Waals surface area contributed by atoms with E-state index in [1.807, 2.05) is 0 Å². The molecule has 0 radical (unpaired) electrons. The summed E-state index contributed by atoms with van der Waals surface area (Å²) in [5.41, 5.74) is 0.0860. The van der Waals surface area contributed by atoms with Gasteiger partial charge in [-0.15, -0.1) is 0 Å². The van der Waals surface area contributed by atoms with Crippen LogP contribution in [0.4, 0.5) is 0 Å². The SMILES string of the molecule is CCCCCCCCCCCC(=O)N1C(=O)c2ccccc2S1(=O)=O. The van der Waals surface area contributed by atoms with Crippen molar-refractivity contribution >= 4 is 21.8 Å². The van der Waals surface area contributed by atoms with Gasteiger partial charge in [-0.1, -0.05) is 70.4 Å². The van der Waals surface area contributed by atoms with Gasteiger partial charge < -0.3 is 0 Å². The van der Waals surface area contributed by atoms with Crippen LogP contribution in [0.1, 0.15) is 81.5 Å². The van der Waals surface area contributed by atoms with Crippen molar-refractivity contribution in [1.29, 1.82) is 0 Å². The maximum Gasteiger partial charge on any atom is 0.276 e. The van der Waals surface area contributed by atoms with E-state index >= 15 is 0 Å². The summed E-state index contributed by atoms with van der Waals surface area (Å²) in [6.07, 6.45) is 10.1. The van der Waals surface area contributed by atoms with Crippen molar-refractivity contribution in [3.05, 3.63) is 29.8 Å². The van der Waals surface area contributed by atoms with E-state index in [4.69, 9.17) is 0 Å². The van der Waals surface area contributed by atoms with Crippen LogP contribution in [0.15, 0.2) is 29.2 Å². The van der Waals surface area contributed by atoms with Gasteiger partial charge in [-0.05, 0) is 18.6 Å². The van der Waals surface area contributed by atoms with Gasteiger partial charge in [0.1, 0.15) is 4.90 Å². The molecule has 1 aromatic rings. The highest BCUT2D eigenvalue weighted by atomic mass is 32.2. The third kappa shape index (κ3) is 4.69. The second kappa shape index (κ2) is 9.13. The Morgan fingerprint density at radius 3 is 2.08 bits per heavy atom. The van der Waals surface area contributed by atoms with Gasteiger partial charge in [0.2, 0.25) is 5.91 Å². The zero-order chi connectivity index (χ0) is 18.3. The molecule has 0 fully saturated rings. The Balaban J connectivity index is 1.76. The normalized spacial score (nSPS) is 15.4. The first-order valence-electron chi connectivity index (χ1n) is 9.21. The number of carbonyl (C=O) groups is 2. The fraction of sp³-hybridized carbons (Fsp3) is 0.579. The molecular weight excluding hydrogens is 338 g/mol. The first-order chi connectivity index (χ1) is 12.0. The monoisotopic (exact) mass is 365 g/mol. The van der Waals surface area contributed by atoms with Gasteiger partial charge >= 0.3 is 0 Å². The molecule has 138 valence electrons. The maximum absolute atomic E-state index is 12.4. The second-order valence-corrected chi connectivity index (χ2v) is 8.30. The highest BCUT2D eigenvalue weighted by molar-refractivity contribution is 7.90. The fourth-order valence-corrected chi connectivity index (χ4v) is 4.68. The number of hydrogen-bond donors (Lipinski definition) is 0. The minimum absolute atomic E-state index is 0.0690. The Bertz CT molecular complexity index is 712. The topological polar surface area (TPSA) is 71.5 Å². The van der Waals surface area contributed by atoms with Crippen molar-refractivity contribution in [2.45, 2.75) is 76.0 Å². The minimum atomic E-state index is -4.02. The summed E-state index contributed by atoms with van der Waals surface area (Å²) >= 11 is 0. The number of rotatable bonds is 10. The number of hydrogen-bond acceptors (Lipinski definition) is 4. The van der Waals surface area contributed by atoms with Crippen LogP contribution in [0.5, 0.6) is 0 Å². The summed E-state index contributed by atoms with van der Waals surface area (Å²) < 4.78 is 25.2. The van der Waals surface area contributed by atoms with Crippen molar-refractivity contribution in [3.63, 3.8) is 0 Å². The van der Waals surface area contributed by atoms with Gasteiger partial charge in [-0.3, -0.25) is 9.59 Å². The number of imide groups is 1. The molecule has 0 unspecified atom stereocenters. The molecule has 1 aliphatic rings. The molecule has 0 bridgehead atoms. The highest BCUT2D eigenvalue weighted by Crippen LogP contribution is 2.30. The van der Waals surface area contributed by atoms with Crippen LogP contribution in [0.25, 0.3) is 0 Å². The summed E-state index contributed by atoms with van der Waals surface area (Å²) in [6, 6.07) is 5.97. The quantitative estimate of drug-likeness (QED) is 0.580. The molecule has 0 aromatic heterocycles. The lowest BCUT2D eigenvalue weighted by molar-refractivity contribution is -0.124. The molecule has 0 saturated heterocycles. The Kier molecular flexibility index (Phi) is 7.17. The van der Waals surface area contributed by atoms with E-state index < -0.39 is 21.8 Å². The Morgan fingerprint density at radius 1 is 0.920 bits per heavy atom. The lowest BCUT2D eigenvalue weighted by Gasteiger charge is -2.12. The van der Waals surface area contributed by atoms with E-state index in [0.29, 0.717) is 10.7 Å². The fourth-order valence-electron chi connectivity index (χ4n) is 3.12. The zero-order valence-electron chi connectivity index (χ0n) is 14.9. The summed E-state index contributed by atoms with van der Waals surface area (Å²) in [6.45, 7) is 2.20. The minimum Gasteiger partial charge on any atom is -0.273 e. The van der Waals surface area contributed by atoms with Crippen LogP contribution in [0.2, 0.25) is 0 Å². The van der Waals surface area contributed by atoms with Crippen LogP contribution < -0.4 is 0 Å². The van der Waals surface area contributed by atoms with E-state index in [2.05, 4.69) is 6.92 Å². The Labute approximate surface area is 150 Å². The molecular formula is C19H27NO4S. The summed E-state index contributed by atoms with van der Waals surface area (Å²) in [4.78, 5) is 24.4. The van der Waals surface area contributed by atoms with E-state index in [-0.39, 0.29) is 16.9 Å². The molecule has 1 aliphatic heterocycles. The van der Waals surface area contributed by atoms with E-state index in [0.717, 1.165) is 19.3 Å². The average molecular weight is 365 g/mol. The number of fused-ring (bicyclic) bond motifs is 1. The number of unbranched alkanes of at least 4 members (excludes halogenated alkanes) is 8. The number of sulfonamides is 1. The van der Waals surface area contributed by atoms with Crippen LogP contribution in [0, 0.1) is 0 Å². The molecule has 0 aliphatic carbocycles. The van der Waals surface area contributed by atoms with Gasteiger partial charge in [-0.25, -0.2) is 8.42 Å². The van der Waals surface area contributed by atoms with Crippen LogP contribution in [-0.4, -0.2) is 24.5 Å². The van der Waals surface area contributed by atoms with Gasteiger partial charge in [0, 0.05) is 6.42 Å². The smallest absolute Gasteiger partial charge is 0.273 e. The van der Waals surface area contributed by atoms with Gasteiger partial charge in [0.05, 0.1) is 5.56 Å². The Morgan fingerprint density at radius 2 is 1.48 bits per heavy atom. The third-order valence-electron chi connectivity index (χ3n) is 4.54. The predicted octanol–water partition coefficient (Wildman–Crippen LogP) is 4.28. The lowest BCUT2D eigenvalue weighted by atomic mass is 10.1. The van der Waals surface area contributed by atoms with Gasteiger partial charge in [0.25, 0.3) is 15.9 Å². The third-order valence-corrected chi connectivity index (χ3v) is 6.30. The first-order valence-corrected chi connectivity index (χ1v) is 10.7. The standard InChI is InChI=1S/C19H27NO4S/c1-2-3-4-5-6-7-8-9-10-15-18(21)20-19(22)16-13-11-12-14-17(16)25(20,23)24/h11-14H,2-10,15H2,1H3. The molecule has 2 amide bonds. The van der Waals surface area contributed by atoms with Crippen LogP contribution in [0.3, 0.4) is 0 Å². The lowest BCUT2D eigenvalue weighted by Crippen LogP contribution is -2.36. The van der Waals surface area contributed by atoms with Gasteiger partial charge in [0.15, 0.2) is 0 Å². The van der Waals surface area contributed by atoms with Crippen LogP contribution in [-0.2, 0) is 14.8 Å². The molecule has 0 saturated carbocycles. The van der Waals surface area contributed by atoms with E-state index in [1.54, 1.807) is 12.1 Å². The molecule has 1 aromatic carbocycles. The van der Waals surface area contributed by atoms with E-state index in [1.165, 1.54) is 44.2 Å². The average Bonchev–Trinajstić information content (AvgIpc) is 2.80. The second-order valence-electron chi connectivity index (χ2n) is 6.54. The van der Waals surface area contributed by atoms with Gasteiger partial charge in [-0.2, -0.15) is 4.31 Å². The first kappa shape index (κ1) is 19.6. The predicted molar refractivity (Wildman–Crippen MR) is 96.6 cm³/mol. The van der Waals surface area contributed by atoms with Crippen molar-refractivity contribution in [1.82, 2.24) is 4.31 Å². The molecule has 0 spiro atoms. The molecule has 6 heteroatoms. The number of benzene rings is 1. The molecule has 2 rings (SSSR count). The molecule has 0 N–H and O–H groups in total. The van der Waals surface area contributed by atoms with Crippen molar-refractivity contribution in [3.8, 4) is 0 Å². The summed E-state index contributed by atoms with van der Waals surface area (Å²) in [7, 11) is -4.02. The molecule has 1 heterocycles.